The Balaban J connectivity index is 1.92. The highest BCUT2D eigenvalue weighted by molar-refractivity contribution is 6.02. The van der Waals surface area contributed by atoms with E-state index in [1.54, 1.807) is 13.0 Å². The minimum absolute atomic E-state index is 0.0360. The van der Waals surface area contributed by atoms with Gasteiger partial charge in [-0.1, -0.05) is 26.3 Å². The number of nitrogens with one attached hydrogen (secondary N) is 2. The fraction of sp³-hybridized carbons (Fsp3) is 0.500. The molecule has 2 aromatic rings. The van der Waals surface area contributed by atoms with E-state index in [-0.39, 0.29) is 35.7 Å². The van der Waals surface area contributed by atoms with E-state index in [1.165, 1.54) is 30.5 Å². The SMILES string of the molecule is CCCC(CC)N(C(=O)Nc1cc(OC)ncn1)c1nc(C(=O)NC2CC2(F)F)ccc1C. The van der Waals surface area contributed by atoms with Gasteiger partial charge >= 0.3 is 6.03 Å². The van der Waals surface area contributed by atoms with Gasteiger partial charge in [-0.2, -0.15) is 0 Å². The summed E-state index contributed by atoms with van der Waals surface area (Å²) in [6.07, 6.45) is 3.04. The van der Waals surface area contributed by atoms with Gasteiger partial charge in [0, 0.05) is 18.5 Å². The average Bonchev–Trinajstić information content (AvgIpc) is 3.39. The van der Waals surface area contributed by atoms with E-state index >= 15 is 0 Å². The van der Waals surface area contributed by atoms with Crippen LogP contribution in [0.2, 0.25) is 0 Å². The summed E-state index contributed by atoms with van der Waals surface area (Å²) in [6.45, 7) is 5.73. The number of carbonyl (C=O) groups is 2. The minimum Gasteiger partial charge on any atom is -0.481 e. The number of amides is 3. The maximum absolute atomic E-state index is 13.4. The second-order valence-electron chi connectivity index (χ2n) is 7.92. The summed E-state index contributed by atoms with van der Waals surface area (Å²) in [6, 6.07) is 2.70. The first-order valence-corrected chi connectivity index (χ1v) is 10.8. The lowest BCUT2D eigenvalue weighted by atomic mass is 10.1. The summed E-state index contributed by atoms with van der Waals surface area (Å²) in [5.74, 6) is -2.78. The van der Waals surface area contributed by atoms with Gasteiger partial charge in [-0.3, -0.25) is 15.0 Å². The Morgan fingerprint density at radius 3 is 2.64 bits per heavy atom. The van der Waals surface area contributed by atoms with E-state index in [1.807, 2.05) is 13.8 Å². The summed E-state index contributed by atoms with van der Waals surface area (Å²) in [5, 5.41) is 5.03. The first kappa shape index (κ1) is 24.3. The molecule has 0 aliphatic heterocycles. The molecule has 11 heteroatoms. The number of ether oxygens (including phenoxy) is 1. The van der Waals surface area contributed by atoms with Crippen molar-refractivity contribution in [2.75, 3.05) is 17.3 Å². The number of carbonyl (C=O) groups excluding carboxylic acids is 2. The number of aromatic nitrogens is 3. The maximum Gasteiger partial charge on any atom is 0.328 e. The van der Waals surface area contributed by atoms with Crippen molar-refractivity contribution in [3.05, 3.63) is 35.8 Å². The van der Waals surface area contributed by atoms with Crippen LogP contribution in [0, 0.1) is 6.92 Å². The number of halogens is 2. The minimum atomic E-state index is -2.89. The largest absolute Gasteiger partial charge is 0.481 e. The molecule has 1 aliphatic carbocycles. The highest BCUT2D eigenvalue weighted by Gasteiger charge is 2.58. The summed E-state index contributed by atoms with van der Waals surface area (Å²) in [5.41, 5.74) is 0.624. The third-order valence-electron chi connectivity index (χ3n) is 5.43. The second-order valence-corrected chi connectivity index (χ2v) is 7.92. The van der Waals surface area contributed by atoms with E-state index in [0.717, 1.165) is 6.42 Å². The molecule has 0 saturated heterocycles. The number of nitrogens with zero attached hydrogens (tertiary/aromatic N) is 4. The molecule has 0 radical (unpaired) electrons. The molecule has 0 bridgehead atoms. The molecule has 1 saturated carbocycles. The normalized spacial score (nSPS) is 17.1. The third kappa shape index (κ3) is 5.71. The lowest BCUT2D eigenvalue weighted by molar-refractivity contribution is 0.0845. The van der Waals surface area contributed by atoms with Crippen molar-refractivity contribution in [2.24, 2.45) is 0 Å². The number of methoxy groups -OCH3 is 1. The summed E-state index contributed by atoms with van der Waals surface area (Å²) < 4.78 is 31.5. The van der Waals surface area contributed by atoms with Gasteiger partial charge in [-0.15, -0.1) is 0 Å². The quantitative estimate of drug-likeness (QED) is 0.584. The number of hydrogen-bond acceptors (Lipinski definition) is 6. The number of pyridine rings is 1. The molecule has 1 fully saturated rings. The molecule has 9 nitrogen and oxygen atoms in total. The summed E-state index contributed by atoms with van der Waals surface area (Å²) in [7, 11) is 1.45. The van der Waals surface area contributed by atoms with Crippen LogP contribution in [-0.2, 0) is 0 Å². The van der Waals surface area contributed by atoms with Crippen LogP contribution >= 0.6 is 0 Å². The van der Waals surface area contributed by atoms with Crippen molar-refractivity contribution in [3.63, 3.8) is 0 Å². The lowest BCUT2D eigenvalue weighted by Gasteiger charge is -2.31. The van der Waals surface area contributed by atoms with E-state index < -0.39 is 23.9 Å². The first-order chi connectivity index (χ1) is 15.7. The van der Waals surface area contributed by atoms with Crippen LogP contribution in [0.15, 0.2) is 24.5 Å². The summed E-state index contributed by atoms with van der Waals surface area (Å²) in [4.78, 5) is 39.7. The van der Waals surface area contributed by atoms with Crippen molar-refractivity contribution < 1.29 is 23.1 Å². The molecule has 3 rings (SSSR count). The van der Waals surface area contributed by atoms with Crippen LogP contribution in [0.4, 0.5) is 25.2 Å². The molecule has 3 amide bonds. The molecular weight excluding hydrogens is 434 g/mol. The molecule has 178 valence electrons. The third-order valence-corrected chi connectivity index (χ3v) is 5.43. The van der Waals surface area contributed by atoms with E-state index in [4.69, 9.17) is 4.74 Å². The number of urea groups is 1. The molecule has 0 aromatic carbocycles. The number of hydrogen-bond donors (Lipinski definition) is 2. The van der Waals surface area contributed by atoms with Crippen molar-refractivity contribution >= 4 is 23.6 Å². The Labute approximate surface area is 191 Å². The number of alkyl halides is 2. The van der Waals surface area contributed by atoms with E-state index in [9.17, 15) is 18.4 Å². The van der Waals surface area contributed by atoms with Crippen LogP contribution in [0.1, 0.15) is 55.6 Å². The number of anilines is 2. The predicted octanol–water partition coefficient (Wildman–Crippen LogP) is 3.94. The summed E-state index contributed by atoms with van der Waals surface area (Å²) >= 11 is 0. The van der Waals surface area contributed by atoms with Crippen molar-refractivity contribution in [1.29, 1.82) is 0 Å². The fourth-order valence-electron chi connectivity index (χ4n) is 3.46. The van der Waals surface area contributed by atoms with Crippen LogP contribution in [0.25, 0.3) is 0 Å². The number of rotatable bonds is 9. The van der Waals surface area contributed by atoms with Crippen LogP contribution < -0.4 is 20.3 Å². The zero-order valence-electron chi connectivity index (χ0n) is 19.1. The maximum atomic E-state index is 13.4. The Morgan fingerprint density at radius 1 is 1.30 bits per heavy atom. The van der Waals surface area contributed by atoms with Crippen LogP contribution in [0.3, 0.4) is 0 Å². The molecule has 2 unspecified atom stereocenters. The standard InChI is InChI=1S/C22H28F2N6O3/c1-5-7-14(6-2)30(21(32)29-17-10-18(33-4)26-12-25-17)19-13(3)8-9-15(27-19)20(31)28-16-11-22(16,23)24/h8-10,12,14,16H,5-7,11H2,1-4H3,(H,28,31)(H,25,26,29,32). The van der Waals surface area contributed by atoms with Gasteiger partial charge in [0.15, 0.2) is 0 Å². The van der Waals surface area contributed by atoms with E-state index in [2.05, 4.69) is 25.6 Å². The molecule has 2 aromatic heterocycles. The molecule has 2 N–H and O–H groups in total. The van der Waals surface area contributed by atoms with Gasteiger partial charge < -0.3 is 10.1 Å². The van der Waals surface area contributed by atoms with Crippen LogP contribution in [-0.4, -0.2) is 52.0 Å². The fourth-order valence-corrected chi connectivity index (χ4v) is 3.46. The van der Waals surface area contributed by atoms with Crippen molar-refractivity contribution in [1.82, 2.24) is 20.3 Å². The molecule has 1 aliphatic rings. The van der Waals surface area contributed by atoms with Gasteiger partial charge in [0.1, 0.15) is 23.7 Å². The second kappa shape index (κ2) is 10.1. The van der Waals surface area contributed by atoms with Gasteiger partial charge in [0.2, 0.25) is 5.88 Å². The molecular formula is C22H28F2N6O3. The Hall–Kier alpha value is -3.37. The topological polar surface area (TPSA) is 109 Å². The lowest BCUT2D eigenvalue weighted by Crippen LogP contribution is -2.44. The van der Waals surface area contributed by atoms with Crippen LogP contribution in [0.5, 0.6) is 5.88 Å². The monoisotopic (exact) mass is 462 g/mol. The molecule has 2 heterocycles. The van der Waals surface area contributed by atoms with Gasteiger partial charge in [-0.05, 0) is 31.4 Å². The Bertz CT molecular complexity index is 1020. The Morgan fingerprint density at radius 2 is 2.03 bits per heavy atom. The molecule has 2 atom stereocenters. The highest BCUT2D eigenvalue weighted by atomic mass is 19.3. The van der Waals surface area contributed by atoms with E-state index in [0.29, 0.717) is 18.4 Å². The first-order valence-electron chi connectivity index (χ1n) is 10.8. The van der Waals surface area contributed by atoms with Gasteiger partial charge in [-0.25, -0.2) is 28.5 Å². The van der Waals surface area contributed by atoms with Crippen molar-refractivity contribution in [2.45, 2.75) is 64.5 Å². The van der Waals surface area contributed by atoms with Gasteiger partial charge in [0.25, 0.3) is 11.8 Å². The zero-order valence-corrected chi connectivity index (χ0v) is 19.1. The molecule has 33 heavy (non-hydrogen) atoms. The molecule has 0 spiro atoms. The number of aryl methyl sites for hydroxylation is 1. The predicted molar refractivity (Wildman–Crippen MR) is 119 cm³/mol. The zero-order chi connectivity index (χ0) is 24.2. The van der Waals surface area contributed by atoms with Crippen molar-refractivity contribution in [3.8, 4) is 5.88 Å². The highest BCUT2D eigenvalue weighted by Crippen LogP contribution is 2.41. The average molecular weight is 463 g/mol. The van der Waals surface area contributed by atoms with Gasteiger partial charge in [0.05, 0.1) is 13.2 Å². The Kier molecular flexibility index (Phi) is 7.39. The smallest absolute Gasteiger partial charge is 0.328 e.